The molecule has 0 N–H and O–H groups in total. The first-order valence-corrected chi connectivity index (χ1v) is 5.81. The van der Waals surface area contributed by atoms with E-state index in [1.54, 1.807) is 6.07 Å². The summed E-state index contributed by atoms with van der Waals surface area (Å²) in [6.45, 7) is 4.20. The molecule has 1 aromatic rings. The summed E-state index contributed by atoms with van der Waals surface area (Å²) in [5.41, 5.74) is 2.16. The smallest absolute Gasteiger partial charge is 0.258 e. The molecule has 1 rings (SSSR count). The van der Waals surface area contributed by atoms with Crippen LogP contribution in [0.1, 0.15) is 44.4 Å². The monoisotopic (exact) mass is 222 g/mol. The van der Waals surface area contributed by atoms with Gasteiger partial charge in [0.2, 0.25) is 0 Å². The van der Waals surface area contributed by atoms with Crippen molar-refractivity contribution in [3.63, 3.8) is 0 Å². The molecule has 0 aliphatic carbocycles. The molecule has 0 bridgehead atoms. The standard InChI is InChI=1S/C12H18N2O2/c1-3-5-7-12-10(6-4-2)8-11(9-13-12)14(15)16/h8-9H,3-7H2,1-2H3. The van der Waals surface area contributed by atoms with Crippen molar-refractivity contribution in [1.82, 2.24) is 4.98 Å². The number of hydrogen-bond acceptors (Lipinski definition) is 3. The number of aryl methyl sites for hydroxylation is 2. The second kappa shape index (κ2) is 6.20. The van der Waals surface area contributed by atoms with Crippen molar-refractivity contribution in [3.8, 4) is 0 Å². The molecule has 0 aliphatic heterocycles. The van der Waals surface area contributed by atoms with Crippen molar-refractivity contribution in [1.29, 1.82) is 0 Å². The highest BCUT2D eigenvalue weighted by atomic mass is 16.6. The van der Waals surface area contributed by atoms with Crippen LogP contribution in [-0.4, -0.2) is 9.91 Å². The van der Waals surface area contributed by atoms with E-state index in [0.717, 1.165) is 43.4 Å². The number of rotatable bonds is 6. The Morgan fingerprint density at radius 2 is 2.06 bits per heavy atom. The van der Waals surface area contributed by atoms with E-state index < -0.39 is 0 Å². The zero-order valence-electron chi connectivity index (χ0n) is 9.90. The van der Waals surface area contributed by atoms with Gasteiger partial charge in [0.05, 0.1) is 4.92 Å². The first kappa shape index (κ1) is 12.6. The summed E-state index contributed by atoms with van der Waals surface area (Å²) in [6, 6.07) is 1.67. The summed E-state index contributed by atoms with van der Waals surface area (Å²) in [5.74, 6) is 0. The number of pyridine rings is 1. The lowest BCUT2D eigenvalue weighted by molar-refractivity contribution is -0.385. The Morgan fingerprint density at radius 3 is 2.62 bits per heavy atom. The topological polar surface area (TPSA) is 56.0 Å². The molecule has 1 aromatic heterocycles. The van der Waals surface area contributed by atoms with Crippen LogP contribution >= 0.6 is 0 Å². The number of unbranched alkanes of at least 4 members (excludes halogenated alkanes) is 1. The van der Waals surface area contributed by atoms with E-state index in [0.29, 0.717) is 0 Å². The van der Waals surface area contributed by atoms with Crippen LogP contribution in [-0.2, 0) is 12.8 Å². The molecular weight excluding hydrogens is 204 g/mol. The van der Waals surface area contributed by atoms with Crippen molar-refractivity contribution < 1.29 is 4.92 Å². The van der Waals surface area contributed by atoms with Gasteiger partial charge in [-0.25, -0.2) is 0 Å². The van der Waals surface area contributed by atoms with E-state index in [1.807, 2.05) is 0 Å². The Bertz CT molecular complexity index is 364. The summed E-state index contributed by atoms with van der Waals surface area (Å²) < 4.78 is 0. The lowest BCUT2D eigenvalue weighted by Gasteiger charge is -2.06. The molecule has 0 fully saturated rings. The quantitative estimate of drug-likeness (QED) is 0.548. The number of nitrogens with zero attached hydrogens (tertiary/aromatic N) is 2. The number of aromatic nitrogens is 1. The first-order chi connectivity index (χ1) is 7.69. The zero-order chi connectivity index (χ0) is 12.0. The summed E-state index contributed by atoms with van der Waals surface area (Å²) in [6.07, 6.45) is 6.34. The second-order valence-electron chi connectivity index (χ2n) is 3.91. The van der Waals surface area contributed by atoms with Crippen LogP contribution in [0.5, 0.6) is 0 Å². The van der Waals surface area contributed by atoms with Gasteiger partial charge in [-0.3, -0.25) is 15.1 Å². The van der Waals surface area contributed by atoms with Crippen LogP contribution in [0, 0.1) is 10.1 Å². The Balaban J connectivity index is 2.94. The highest BCUT2D eigenvalue weighted by Gasteiger charge is 2.11. The number of nitro groups is 1. The third kappa shape index (κ3) is 3.29. The molecule has 0 spiro atoms. The van der Waals surface area contributed by atoms with Crippen molar-refractivity contribution in [2.45, 2.75) is 46.0 Å². The fraction of sp³-hybridized carbons (Fsp3) is 0.583. The van der Waals surface area contributed by atoms with Crippen molar-refractivity contribution in [2.75, 3.05) is 0 Å². The lowest BCUT2D eigenvalue weighted by atomic mass is 10.0. The van der Waals surface area contributed by atoms with E-state index in [-0.39, 0.29) is 10.6 Å². The fourth-order valence-corrected chi connectivity index (χ4v) is 1.68. The largest absolute Gasteiger partial charge is 0.287 e. The first-order valence-electron chi connectivity index (χ1n) is 5.81. The maximum Gasteiger partial charge on any atom is 0.287 e. The van der Waals surface area contributed by atoms with Gasteiger partial charge in [-0.1, -0.05) is 26.7 Å². The molecule has 0 saturated carbocycles. The molecule has 0 aromatic carbocycles. The van der Waals surface area contributed by atoms with Crippen molar-refractivity contribution >= 4 is 5.69 Å². The maximum absolute atomic E-state index is 10.6. The Labute approximate surface area is 95.9 Å². The van der Waals surface area contributed by atoms with Gasteiger partial charge in [-0.05, 0) is 24.8 Å². The molecule has 0 radical (unpaired) electrons. The predicted molar refractivity (Wildman–Crippen MR) is 63.5 cm³/mol. The van der Waals surface area contributed by atoms with Crippen LogP contribution in [0.2, 0.25) is 0 Å². The third-order valence-electron chi connectivity index (χ3n) is 2.54. The van der Waals surface area contributed by atoms with Crippen LogP contribution < -0.4 is 0 Å². The molecule has 1 heterocycles. The number of hydrogen-bond donors (Lipinski definition) is 0. The molecule has 4 heteroatoms. The van der Waals surface area contributed by atoms with Gasteiger partial charge in [-0.2, -0.15) is 0 Å². The molecule has 16 heavy (non-hydrogen) atoms. The van der Waals surface area contributed by atoms with Gasteiger partial charge >= 0.3 is 0 Å². The average Bonchev–Trinajstić information content (AvgIpc) is 2.27. The lowest BCUT2D eigenvalue weighted by Crippen LogP contribution is -2.00. The van der Waals surface area contributed by atoms with Gasteiger partial charge < -0.3 is 0 Å². The molecule has 0 aliphatic rings. The van der Waals surface area contributed by atoms with Gasteiger partial charge in [-0.15, -0.1) is 0 Å². The minimum atomic E-state index is -0.379. The van der Waals surface area contributed by atoms with E-state index in [1.165, 1.54) is 6.20 Å². The Hall–Kier alpha value is -1.45. The minimum Gasteiger partial charge on any atom is -0.258 e. The van der Waals surface area contributed by atoms with Crippen LogP contribution in [0.4, 0.5) is 5.69 Å². The average molecular weight is 222 g/mol. The van der Waals surface area contributed by atoms with Crippen molar-refractivity contribution in [2.24, 2.45) is 0 Å². The summed E-state index contributed by atoms with van der Waals surface area (Å²) in [7, 11) is 0. The summed E-state index contributed by atoms with van der Waals surface area (Å²) in [4.78, 5) is 14.5. The second-order valence-corrected chi connectivity index (χ2v) is 3.91. The summed E-state index contributed by atoms with van der Waals surface area (Å²) >= 11 is 0. The molecule has 0 saturated heterocycles. The SMILES string of the molecule is CCCCc1ncc([N+](=O)[O-])cc1CCC. The normalized spacial score (nSPS) is 10.4. The Morgan fingerprint density at radius 1 is 1.31 bits per heavy atom. The van der Waals surface area contributed by atoms with Gasteiger partial charge in [0, 0.05) is 11.8 Å². The zero-order valence-corrected chi connectivity index (χ0v) is 9.90. The molecule has 0 unspecified atom stereocenters. The van der Waals surface area contributed by atoms with Crippen LogP contribution in [0.15, 0.2) is 12.3 Å². The molecule has 88 valence electrons. The van der Waals surface area contributed by atoms with E-state index in [4.69, 9.17) is 0 Å². The maximum atomic E-state index is 10.6. The van der Waals surface area contributed by atoms with E-state index in [9.17, 15) is 10.1 Å². The fourth-order valence-electron chi connectivity index (χ4n) is 1.68. The summed E-state index contributed by atoms with van der Waals surface area (Å²) in [5, 5.41) is 10.6. The third-order valence-corrected chi connectivity index (χ3v) is 2.54. The molecular formula is C12H18N2O2. The van der Waals surface area contributed by atoms with Crippen LogP contribution in [0.25, 0.3) is 0 Å². The van der Waals surface area contributed by atoms with E-state index >= 15 is 0 Å². The van der Waals surface area contributed by atoms with Gasteiger partial charge in [0.15, 0.2) is 0 Å². The molecule has 4 nitrogen and oxygen atoms in total. The van der Waals surface area contributed by atoms with Crippen molar-refractivity contribution in [3.05, 3.63) is 33.6 Å². The molecule has 0 amide bonds. The van der Waals surface area contributed by atoms with Gasteiger partial charge in [0.25, 0.3) is 5.69 Å². The molecule has 0 atom stereocenters. The predicted octanol–water partition coefficient (Wildman–Crippen LogP) is 3.28. The van der Waals surface area contributed by atoms with E-state index in [2.05, 4.69) is 18.8 Å². The highest BCUT2D eigenvalue weighted by Crippen LogP contribution is 2.18. The van der Waals surface area contributed by atoms with Gasteiger partial charge in [0.1, 0.15) is 6.20 Å². The highest BCUT2D eigenvalue weighted by molar-refractivity contribution is 5.34. The Kier molecular flexibility index (Phi) is 4.89. The minimum absolute atomic E-state index is 0.101. The van der Waals surface area contributed by atoms with Crippen LogP contribution in [0.3, 0.4) is 0 Å².